The quantitative estimate of drug-likeness (QED) is 0.283. The summed E-state index contributed by atoms with van der Waals surface area (Å²) in [4.78, 5) is 7.35. The van der Waals surface area contributed by atoms with Crippen molar-refractivity contribution in [2.75, 3.05) is 11.5 Å². The second-order valence-corrected chi connectivity index (χ2v) is 10.3. The number of hydrogen-bond acceptors (Lipinski definition) is 6. The summed E-state index contributed by atoms with van der Waals surface area (Å²) in [5.74, 6) is 0. The van der Waals surface area contributed by atoms with E-state index in [2.05, 4.69) is 71.4 Å². The highest BCUT2D eigenvalue weighted by molar-refractivity contribution is 7.24. The van der Waals surface area contributed by atoms with Gasteiger partial charge in [-0.1, -0.05) is 24.3 Å². The molecule has 0 saturated heterocycles. The highest BCUT2D eigenvalue weighted by atomic mass is 32.1. The van der Waals surface area contributed by atoms with Crippen LogP contribution >= 0.6 is 45.3 Å². The number of anilines is 2. The van der Waals surface area contributed by atoms with Crippen molar-refractivity contribution in [3.05, 3.63) is 71.4 Å². The number of hydrogen-bond donors (Lipinski definition) is 2. The molecular formula is C22H16N2S4. The molecular weight excluding hydrogens is 421 g/mol. The second kappa shape index (κ2) is 7.22. The highest BCUT2D eigenvalue weighted by Gasteiger charge is 2.15. The van der Waals surface area contributed by atoms with Crippen molar-refractivity contribution in [3.8, 4) is 40.4 Å². The van der Waals surface area contributed by atoms with Crippen LogP contribution in [0.5, 0.6) is 0 Å². The molecule has 0 fully saturated rings. The van der Waals surface area contributed by atoms with Gasteiger partial charge in [0.15, 0.2) is 0 Å². The van der Waals surface area contributed by atoms with Crippen LogP contribution in [0, 0.1) is 0 Å². The zero-order valence-corrected chi connectivity index (χ0v) is 18.0. The first-order chi connectivity index (χ1) is 13.7. The molecule has 0 unspecified atom stereocenters. The van der Waals surface area contributed by atoms with Crippen LogP contribution in [0.1, 0.15) is 0 Å². The summed E-state index contributed by atoms with van der Waals surface area (Å²) in [6, 6.07) is 21.2. The van der Waals surface area contributed by atoms with Crippen molar-refractivity contribution < 1.29 is 0 Å². The molecule has 4 heterocycles. The van der Waals surface area contributed by atoms with E-state index in [9.17, 15) is 0 Å². The fourth-order valence-corrected chi connectivity index (χ4v) is 6.89. The van der Waals surface area contributed by atoms with Crippen LogP contribution in [0.4, 0.5) is 11.4 Å². The van der Waals surface area contributed by atoms with Gasteiger partial charge in [-0.25, -0.2) is 0 Å². The Hall–Kier alpha value is -2.38. The van der Waals surface area contributed by atoms with E-state index in [1.807, 2.05) is 0 Å². The smallest absolute Gasteiger partial charge is 0.0642 e. The van der Waals surface area contributed by atoms with Crippen molar-refractivity contribution in [3.63, 3.8) is 0 Å². The molecule has 4 aromatic heterocycles. The van der Waals surface area contributed by atoms with Crippen molar-refractivity contribution in [2.24, 2.45) is 0 Å². The zero-order valence-electron chi connectivity index (χ0n) is 14.7. The minimum atomic E-state index is 0.656. The molecule has 0 aliphatic rings. The van der Waals surface area contributed by atoms with E-state index < -0.39 is 0 Å². The molecule has 0 bridgehead atoms. The molecule has 2 nitrogen and oxygen atoms in total. The number of benzene rings is 1. The zero-order chi connectivity index (χ0) is 19.1. The van der Waals surface area contributed by atoms with Gasteiger partial charge >= 0.3 is 0 Å². The van der Waals surface area contributed by atoms with Crippen molar-refractivity contribution in [2.45, 2.75) is 0 Å². The summed E-state index contributed by atoms with van der Waals surface area (Å²) in [5.41, 5.74) is 16.3. The van der Waals surface area contributed by atoms with Crippen LogP contribution in [-0.4, -0.2) is 0 Å². The minimum absolute atomic E-state index is 0.656. The molecule has 0 spiro atoms. The highest BCUT2D eigenvalue weighted by Crippen LogP contribution is 2.44. The average molecular weight is 437 g/mol. The van der Waals surface area contributed by atoms with Crippen LogP contribution in [0.2, 0.25) is 0 Å². The van der Waals surface area contributed by atoms with Gasteiger partial charge in [-0.15, -0.1) is 45.3 Å². The molecule has 0 aliphatic heterocycles. The van der Waals surface area contributed by atoms with Crippen LogP contribution < -0.4 is 11.5 Å². The normalized spacial score (nSPS) is 11.1. The first-order valence-electron chi connectivity index (χ1n) is 8.67. The van der Waals surface area contributed by atoms with Crippen LogP contribution in [0.3, 0.4) is 0 Å². The topological polar surface area (TPSA) is 52.0 Å². The fourth-order valence-electron chi connectivity index (χ4n) is 3.13. The summed E-state index contributed by atoms with van der Waals surface area (Å²) in [5, 5.41) is 4.20. The molecule has 0 amide bonds. The van der Waals surface area contributed by atoms with Gasteiger partial charge in [0.1, 0.15) is 0 Å². The molecule has 0 saturated carbocycles. The van der Waals surface area contributed by atoms with E-state index in [1.165, 1.54) is 19.5 Å². The number of nitrogens with two attached hydrogens (primary N) is 2. The third-order valence-corrected chi connectivity index (χ3v) is 8.93. The van der Waals surface area contributed by atoms with Crippen molar-refractivity contribution >= 4 is 56.7 Å². The summed E-state index contributed by atoms with van der Waals surface area (Å²) < 4.78 is 0. The molecule has 138 valence electrons. The van der Waals surface area contributed by atoms with Crippen LogP contribution in [0.25, 0.3) is 40.4 Å². The Morgan fingerprint density at radius 3 is 1.29 bits per heavy atom. The molecule has 4 N–H and O–H groups in total. The molecule has 1 aromatic carbocycles. The van der Waals surface area contributed by atoms with E-state index in [-0.39, 0.29) is 0 Å². The fraction of sp³-hybridized carbons (Fsp3) is 0. The third-order valence-electron chi connectivity index (χ3n) is 4.56. The summed E-state index contributed by atoms with van der Waals surface area (Å²) in [6.07, 6.45) is 0. The van der Waals surface area contributed by atoms with E-state index >= 15 is 0 Å². The predicted molar refractivity (Wildman–Crippen MR) is 129 cm³/mol. The Bertz CT molecular complexity index is 1130. The van der Waals surface area contributed by atoms with Gasteiger partial charge in [-0.05, 0) is 47.2 Å². The standard InChI is InChI=1S/C22H16N2S4/c23-21-13(15-7-9-19(27-15)17-3-1-11-25-17)5-6-14(22(21)24)16-8-10-20(28-16)18-4-2-12-26-18/h1-12H,23-24H2. The lowest BCUT2D eigenvalue weighted by Gasteiger charge is -2.11. The van der Waals surface area contributed by atoms with E-state index in [0.29, 0.717) is 11.4 Å². The largest absolute Gasteiger partial charge is 0.397 e. The maximum Gasteiger partial charge on any atom is 0.0642 e. The van der Waals surface area contributed by atoms with Gasteiger partial charge in [0.05, 0.1) is 11.4 Å². The number of nitrogen functional groups attached to an aromatic ring is 2. The summed E-state index contributed by atoms with van der Waals surface area (Å²) in [7, 11) is 0. The van der Waals surface area contributed by atoms with Gasteiger partial charge in [0.25, 0.3) is 0 Å². The van der Waals surface area contributed by atoms with Crippen LogP contribution in [-0.2, 0) is 0 Å². The Balaban J connectivity index is 1.51. The predicted octanol–water partition coefficient (Wildman–Crippen LogP) is 7.77. The monoisotopic (exact) mass is 436 g/mol. The Morgan fingerprint density at radius 2 is 0.893 bits per heavy atom. The van der Waals surface area contributed by atoms with Gasteiger partial charge in [0, 0.05) is 40.4 Å². The third kappa shape index (κ3) is 3.08. The van der Waals surface area contributed by atoms with Gasteiger partial charge in [-0.3, -0.25) is 0 Å². The molecule has 5 aromatic rings. The van der Waals surface area contributed by atoms with Gasteiger partial charge in [-0.2, -0.15) is 0 Å². The maximum atomic E-state index is 6.47. The van der Waals surface area contributed by atoms with E-state index in [1.54, 1.807) is 45.3 Å². The van der Waals surface area contributed by atoms with Crippen molar-refractivity contribution in [1.29, 1.82) is 0 Å². The minimum Gasteiger partial charge on any atom is -0.397 e. The first kappa shape index (κ1) is 17.7. The van der Waals surface area contributed by atoms with Gasteiger partial charge < -0.3 is 11.5 Å². The van der Waals surface area contributed by atoms with E-state index in [4.69, 9.17) is 11.5 Å². The van der Waals surface area contributed by atoms with Crippen molar-refractivity contribution in [1.82, 2.24) is 0 Å². The molecule has 0 radical (unpaired) electrons. The molecule has 0 aliphatic carbocycles. The Kier molecular flexibility index (Phi) is 4.56. The molecule has 6 heteroatoms. The maximum absolute atomic E-state index is 6.47. The molecule has 28 heavy (non-hydrogen) atoms. The first-order valence-corrected chi connectivity index (χ1v) is 12.1. The second-order valence-electron chi connectivity index (χ2n) is 6.27. The van der Waals surface area contributed by atoms with Crippen LogP contribution in [0.15, 0.2) is 71.4 Å². The lowest BCUT2D eigenvalue weighted by atomic mass is 10.0. The SMILES string of the molecule is Nc1c(-c2ccc(-c3cccs3)s2)ccc(-c2ccc(-c3cccs3)s2)c1N. The average Bonchev–Trinajstić information content (AvgIpc) is 3.49. The number of thiophene rings is 4. The van der Waals surface area contributed by atoms with Gasteiger partial charge in [0.2, 0.25) is 0 Å². The summed E-state index contributed by atoms with van der Waals surface area (Å²) in [6.45, 7) is 0. The Labute approximate surface area is 179 Å². The lowest BCUT2D eigenvalue weighted by Crippen LogP contribution is -1.98. The molecule has 0 atom stereocenters. The number of rotatable bonds is 4. The summed E-state index contributed by atoms with van der Waals surface area (Å²) >= 11 is 7.00. The molecule has 5 rings (SSSR count). The lowest BCUT2D eigenvalue weighted by molar-refractivity contribution is 1.65. The van der Waals surface area contributed by atoms with E-state index in [0.717, 1.165) is 20.9 Å². The Morgan fingerprint density at radius 1 is 0.464 bits per heavy atom.